The standard InChI is InChI=1S/C19H15F3N2O3S/c1-26-16-5-3-2-4-14(16)15-11-28-18(23-15)24-17(25)10-27-13-8-6-12(7-9-13)19(20,21)22/h2-9,11H,10H2,1H3,(H,23,24,25). The summed E-state index contributed by atoms with van der Waals surface area (Å²) in [5.74, 6) is 0.356. The average molecular weight is 408 g/mol. The highest BCUT2D eigenvalue weighted by atomic mass is 32.1. The predicted octanol–water partition coefficient (Wildman–Crippen LogP) is 4.86. The number of anilines is 1. The molecule has 5 nitrogen and oxygen atoms in total. The van der Waals surface area contributed by atoms with Gasteiger partial charge in [-0.2, -0.15) is 13.2 Å². The fourth-order valence-corrected chi connectivity index (χ4v) is 3.08. The summed E-state index contributed by atoms with van der Waals surface area (Å²) >= 11 is 1.24. The predicted molar refractivity (Wildman–Crippen MR) is 99.7 cm³/mol. The number of benzene rings is 2. The minimum Gasteiger partial charge on any atom is -0.496 e. The van der Waals surface area contributed by atoms with Crippen LogP contribution in [0.15, 0.2) is 53.9 Å². The Hall–Kier alpha value is -3.07. The largest absolute Gasteiger partial charge is 0.496 e. The van der Waals surface area contributed by atoms with E-state index >= 15 is 0 Å². The van der Waals surface area contributed by atoms with Crippen molar-refractivity contribution in [1.82, 2.24) is 4.98 Å². The van der Waals surface area contributed by atoms with Crippen molar-refractivity contribution < 1.29 is 27.4 Å². The molecule has 2 aromatic carbocycles. The van der Waals surface area contributed by atoms with Gasteiger partial charge >= 0.3 is 6.18 Å². The Morgan fingerprint density at radius 1 is 1.14 bits per heavy atom. The van der Waals surface area contributed by atoms with Crippen LogP contribution in [0, 0.1) is 0 Å². The first kappa shape index (κ1) is 19.7. The Bertz CT molecular complexity index is 956. The highest BCUT2D eigenvalue weighted by Gasteiger charge is 2.30. The molecule has 0 aliphatic heterocycles. The highest BCUT2D eigenvalue weighted by Crippen LogP contribution is 2.32. The molecule has 0 fully saturated rings. The number of methoxy groups -OCH3 is 1. The molecule has 1 aromatic heterocycles. The van der Waals surface area contributed by atoms with Crippen LogP contribution in [0.5, 0.6) is 11.5 Å². The Balaban J connectivity index is 1.58. The van der Waals surface area contributed by atoms with Crippen molar-refractivity contribution in [2.75, 3.05) is 19.0 Å². The van der Waals surface area contributed by atoms with Crippen molar-refractivity contribution in [3.05, 3.63) is 59.5 Å². The van der Waals surface area contributed by atoms with E-state index in [-0.39, 0.29) is 12.4 Å². The maximum atomic E-state index is 12.5. The van der Waals surface area contributed by atoms with Gasteiger partial charge in [-0.15, -0.1) is 11.3 Å². The third kappa shape index (κ3) is 4.80. The number of para-hydroxylation sites is 1. The van der Waals surface area contributed by atoms with Crippen molar-refractivity contribution in [3.63, 3.8) is 0 Å². The summed E-state index contributed by atoms with van der Waals surface area (Å²) in [5, 5.41) is 4.76. The van der Waals surface area contributed by atoms with Crippen LogP contribution in [0.4, 0.5) is 18.3 Å². The van der Waals surface area contributed by atoms with E-state index < -0.39 is 17.6 Å². The zero-order valence-electron chi connectivity index (χ0n) is 14.6. The highest BCUT2D eigenvalue weighted by molar-refractivity contribution is 7.14. The number of carbonyl (C=O) groups is 1. The van der Waals surface area contributed by atoms with E-state index in [1.54, 1.807) is 12.5 Å². The third-order valence-electron chi connectivity index (χ3n) is 3.69. The summed E-state index contributed by atoms with van der Waals surface area (Å²) in [5.41, 5.74) is 0.667. The van der Waals surface area contributed by atoms with Gasteiger partial charge in [-0.3, -0.25) is 10.1 Å². The van der Waals surface area contributed by atoms with E-state index in [4.69, 9.17) is 9.47 Å². The number of halogens is 3. The molecule has 0 atom stereocenters. The van der Waals surface area contributed by atoms with Gasteiger partial charge in [0.1, 0.15) is 11.5 Å². The number of hydrogen-bond donors (Lipinski definition) is 1. The van der Waals surface area contributed by atoms with Gasteiger partial charge in [-0.25, -0.2) is 4.98 Å². The molecule has 0 unspecified atom stereocenters. The third-order valence-corrected chi connectivity index (χ3v) is 4.44. The molecule has 1 heterocycles. The molecular formula is C19H15F3N2O3S. The van der Waals surface area contributed by atoms with E-state index in [1.165, 1.54) is 23.5 Å². The summed E-state index contributed by atoms with van der Waals surface area (Å²) in [6.45, 7) is -0.352. The van der Waals surface area contributed by atoms with E-state index in [9.17, 15) is 18.0 Å². The van der Waals surface area contributed by atoms with Crippen LogP contribution in [0.1, 0.15) is 5.56 Å². The zero-order valence-corrected chi connectivity index (χ0v) is 15.4. The van der Waals surface area contributed by atoms with Crippen molar-refractivity contribution in [2.24, 2.45) is 0 Å². The summed E-state index contributed by atoms with van der Waals surface area (Å²) in [6, 6.07) is 11.5. The van der Waals surface area contributed by atoms with Crippen LogP contribution in [-0.2, 0) is 11.0 Å². The molecule has 1 amide bonds. The lowest BCUT2D eigenvalue weighted by molar-refractivity contribution is -0.137. The molecule has 0 aliphatic rings. The maximum absolute atomic E-state index is 12.5. The van der Waals surface area contributed by atoms with Crippen molar-refractivity contribution >= 4 is 22.4 Å². The normalized spacial score (nSPS) is 11.1. The minimum atomic E-state index is -4.42. The zero-order chi connectivity index (χ0) is 20.1. The summed E-state index contributed by atoms with van der Waals surface area (Å²) in [7, 11) is 1.56. The quantitative estimate of drug-likeness (QED) is 0.633. The van der Waals surface area contributed by atoms with Crippen molar-refractivity contribution in [2.45, 2.75) is 6.18 Å². The number of thiazole rings is 1. The van der Waals surface area contributed by atoms with Crippen LogP contribution in [-0.4, -0.2) is 24.6 Å². The number of alkyl halides is 3. The monoisotopic (exact) mass is 408 g/mol. The van der Waals surface area contributed by atoms with Gasteiger partial charge in [-0.05, 0) is 36.4 Å². The van der Waals surface area contributed by atoms with Gasteiger partial charge in [-0.1, -0.05) is 12.1 Å². The second-order valence-electron chi connectivity index (χ2n) is 5.60. The number of rotatable bonds is 6. The smallest absolute Gasteiger partial charge is 0.416 e. The molecule has 0 saturated heterocycles. The lowest BCUT2D eigenvalue weighted by Gasteiger charge is -2.09. The first-order valence-corrected chi connectivity index (χ1v) is 8.93. The van der Waals surface area contributed by atoms with E-state index in [2.05, 4.69) is 10.3 Å². The Morgan fingerprint density at radius 2 is 1.86 bits per heavy atom. The number of carbonyl (C=O) groups excluding carboxylic acids is 1. The lowest BCUT2D eigenvalue weighted by Crippen LogP contribution is -2.20. The number of ether oxygens (including phenoxy) is 2. The molecule has 28 heavy (non-hydrogen) atoms. The molecule has 3 aromatic rings. The molecule has 9 heteroatoms. The number of nitrogens with zero attached hydrogens (tertiary/aromatic N) is 1. The van der Waals surface area contributed by atoms with Gasteiger partial charge in [0.25, 0.3) is 5.91 Å². The molecule has 0 bridgehead atoms. The Morgan fingerprint density at radius 3 is 2.54 bits per heavy atom. The van der Waals surface area contributed by atoms with E-state index in [0.29, 0.717) is 16.6 Å². The average Bonchev–Trinajstić information content (AvgIpc) is 3.14. The second kappa shape index (κ2) is 8.30. The topological polar surface area (TPSA) is 60.5 Å². The maximum Gasteiger partial charge on any atom is 0.416 e. The van der Waals surface area contributed by atoms with Crippen LogP contribution in [0.2, 0.25) is 0 Å². The molecule has 1 N–H and O–H groups in total. The minimum absolute atomic E-state index is 0.164. The molecular weight excluding hydrogens is 393 g/mol. The van der Waals surface area contributed by atoms with Gasteiger partial charge in [0.2, 0.25) is 0 Å². The van der Waals surface area contributed by atoms with E-state index in [0.717, 1.165) is 17.7 Å². The molecule has 146 valence electrons. The summed E-state index contributed by atoms with van der Waals surface area (Å²) in [6.07, 6.45) is -4.42. The Kier molecular flexibility index (Phi) is 5.84. The van der Waals surface area contributed by atoms with Gasteiger partial charge < -0.3 is 9.47 Å². The Labute approximate surface area is 162 Å². The molecule has 3 rings (SSSR count). The SMILES string of the molecule is COc1ccccc1-c1csc(NC(=O)COc2ccc(C(F)(F)F)cc2)n1. The first-order chi connectivity index (χ1) is 13.4. The van der Waals surface area contributed by atoms with Crippen LogP contribution < -0.4 is 14.8 Å². The second-order valence-corrected chi connectivity index (χ2v) is 6.46. The number of hydrogen-bond acceptors (Lipinski definition) is 5. The fraction of sp³-hybridized carbons (Fsp3) is 0.158. The molecule has 0 spiro atoms. The van der Waals surface area contributed by atoms with Crippen molar-refractivity contribution in [1.29, 1.82) is 0 Å². The van der Waals surface area contributed by atoms with Crippen molar-refractivity contribution in [3.8, 4) is 22.8 Å². The number of amides is 1. The first-order valence-electron chi connectivity index (χ1n) is 8.05. The van der Waals surface area contributed by atoms with Gasteiger partial charge in [0.15, 0.2) is 11.7 Å². The fourth-order valence-electron chi connectivity index (χ4n) is 2.36. The summed E-state index contributed by atoms with van der Waals surface area (Å²) < 4.78 is 48.1. The van der Waals surface area contributed by atoms with Crippen LogP contribution in [0.25, 0.3) is 11.3 Å². The molecule has 0 saturated carbocycles. The summed E-state index contributed by atoms with van der Waals surface area (Å²) in [4.78, 5) is 16.4. The van der Waals surface area contributed by atoms with Gasteiger partial charge in [0, 0.05) is 10.9 Å². The molecule has 0 radical (unpaired) electrons. The van der Waals surface area contributed by atoms with Crippen LogP contribution >= 0.6 is 11.3 Å². The number of nitrogens with one attached hydrogen (secondary N) is 1. The van der Waals surface area contributed by atoms with Crippen LogP contribution in [0.3, 0.4) is 0 Å². The van der Waals surface area contributed by atoms with Gasteiger partial charge in [0.05, 0.1) is 18.4 Å². The molecule has 0 aliphatic carbocycles. The van der Waals surface area contributed by atoms with E-state index in [1.807, 2.05) is 24.3 Å². The lowest BCUT2D eigenvalue weighted by atomic mass is 10.1. The number of aromatic nitrogens is 1.